The van der Waals surface area contributed by atoms with Crippen molar-refractivity contribution in [1.82, 2.24) is 20.4 Å². The van der Waals surface area contributed by atoms with Gasteiger partial charge in [-0.2, -0.15) is 10.1 Å². The number of rotatable bonds is 4. The van der Waals surface area contributed by atoms with Crippen LogP contribution in [0, 0.1) is 0 Å². The van der Waals surface area contributed by atoms with E-state index in [4.69, 9.17) is 0 Å². The Labute approximate surface area is 147 Å². The monoisotopic (exact) mass is 351 g/mol. The molecule has 4 N–H and O–H groups in total. The highest BCUT2D eigenvalue weighted by Gasteiger charge is 2.15. The second-order valence-corrected chi connectivity index (χ2v) is 5.06. The molecule has 0 unspecified atom stereocenters. The lowest BCUT2D eigenvalue weighted by Crippen LogP contribution is -2.18. The number of aromatic nitrogens is 3. The van der Waals surface area contributed by atoms with Crippen molar-refractivity contribution >= 4 is 12.1 Å². The minimum Gasteiger partial charge on any atom is -0.504 e. The molecule has 0 saturated carbocycles. The van der Waals surface area contributed by atoms with Crippen molar-refractivity contribution < 1.29 is 20.1 Å². The number of pyridine rings is 1. The maximum atomic E-state index is 12.1. The van der Waals surface area contributed by atoms with Gasteiger partial charge in [0.15, 0.2) is 17.3 Å². The largest absolute Gasteiger partial charge is 0.504 e. The molecule has 0 saturated heterocycles. The van der Waals surface area contributed by atoms with Crippen LogP contribution in [0.3, 0.4) is 0 Å². The molecule has 0 fully saturated rings. The third kappa shape index (κ3) is 3.56. The number of amides is 1. The van der Waals surface area contributed by atoms with E-state index in [1.807, 2.05) is 0 Å². The number of nitrogens with zero attached hydrogens (tertiary/aromatic N) is 4. The van der Waals surface area contributed by atoms with Crippen molar-refractivity contribution in [2.45, 2.75) is 0 Å². The number of carbonyl (C=O) groups is 1. The zero-order chi connectivity index (χ0) is 18.5. The smallest absolute Gasteiger partial charge is 0.278 e. The van der Waals surface area contributed by atoms with Gasteiger partial charge in [-0.15, -0.1) is 0 Å². The molecule has 3 aromatic rings. The summed E-state index contributed by atoms with van der Waals surface area (Å²) in [6.07, 6.45) is 3.86. The lowest BCUT2D eigenvalue weighted by Gasteiger charge is -2.04. The summed E-state index contributed by atoms with van der Waals surface area (Å²) in [5.74, 6) is -1.76. The van der Waals surface area contributed by atoms with Gasteiger partial charge in [-0.25, -0.2) is 10.4 Å². The van der Waals surface area contributed by atoms with E-state index in [2.05, 4.69) is 25.5 Å². The van der Waals surface area contributed by atoms with Crippen LogP contribution in [-0.2, 0) is 0 Å². The van der Waals surface area contributed by atoms with Gasteiger partial charge in [0.2, 0.25) is 5.88 Å². The van der Waals surface area contributed by atoms with Crippen LogP contribution in [0.2, 0.25) is 0 Å². The zero-order valence-corrected chi connectivity index (χ0v) is 13.2. The Bertz CT molecular complexity index is 976. The first kappa shape index (κ1) is 16.8. The summed E-state index contributed by atoms with van der Waals surface area (Å²) in [7, 11) is 0. The predicted molar refractivity (Wildman–Crippen MR) is 91.8 cm³/mol. The zero-order valence-electron chi connectivity index (χ0n) is 13.2. The molecule has 0 atom stereocenters. The second-order valence-electron chi connectivity index (χ2n) is 5.06. The molecular formula is C17H13N5O4. The number of benzene rings is 1. The number of carbonyl (C=O) groups excluding carboxylic acids is 1. The average molecular weight is 351 g/mol. The van der Waals surface area contributed by atoms with Crippen LogP contribution in [0.25, 0.3) is 11.5 Å². The summed E-state index contributed by atoms with van der Waals surface area (Å²) in [5, 5.41) is 32.7. The van der Waals surface area contributed by atoms with Crippen LogP contribution in [0.15, 0.2) is 53.9 Å². The number of phenols is 2. The fraction of sp³-hybridized carbons (Fsp3) is 0. The van der Waals surface area contributed by atoms with Gasteiger partial charge in [0.05, 0.1) is 6.21 Å². The van der Waals surface area contributed by atoms with Crippen molar-refractivity contribution in [3.8, 4) is 28.9 Å². The minimum absolute atomic E-state index is 0.174. The van der Waals surface area contributed by atoms with E-state index < -0.39 is 11.8 Å². The first-order valence-electron chi connectivity index (χ1n) is 7.38. The summed E-state index contributed by atoms with van der Waals surface area (Å²) in [6.45, 7) is 0. The molecule has 9 nitrogen and oxygen atoms in total. The van der Waals surface area contributed by atoms with E-state index >= 15 is 0 Å². The predicted octanol–water partition coefficient (Wildman–Crippen LogP) is 1.42. The molecule has 0 bridgehead atoms. The third-order valence-corrected chi connectivity index (χ3v) is 3.32. The molecule has 2 aromatic heterocycles. The second kappa shape index (κ2) is 7.26. The van der Waals surface area contributed by atoms with Crippen LogP contribution in [0.1, 0.15) is 15.9 Å². The number of hydrazone groups is 1. The van der Waals surface area contributed by atoms with Gasteiger partial charge in [0, 0.05) is 18.0 Å². The van der Waals surface area contributed by atoms with Crippen molar-refractivity contribution in [3.05, 3.63) is 59.9 Å². The quantitative estimate of drug-likeness (QED) is 0.316. The fourth-order valence-electron chi connectivity index (χ4n) is 2.02. The minimum atomic E-state index is -0.744. The maximum Gasteiger partial charge on any atom is 0.278 e. The van der Waals surface area contributed by atoms with Gasteiger partial charge in [-0.3, -0.25) is 9.78 Å². The van der Waals surface area contributed by atoms with E-state index in [9.17, 15) is 20.1 Å². The highest BCUT2D eigenvalue weighted by molar-refractivity contribution is 5.96. The molecule has 0 aliphatic carbocycles. The summed E-state index contributed by atoms with van der Waals surface area (Å²) < 4.78 is 0. The number of nitrogens with one attached hydrogen (secondary N) is 1. The molecule has 2 heterocycles. The lowest BCUT2D eigenvalue weighted by molar-refractivity contribution is 0.0951. The van der Waals surface area contributed by atoms with Gasteiger partial charge in [0.1, 0.15) is 11.3 Å². The molecule has 0 aliphatic heterocycles. The van der Waals surface area contributed by atoms with Crippen LogP contribution in [-0.4, -0.2) is 42.4 Å². The van der Waals surface area contributed by atoms with E-state index in [-0.39, 0.29) is 28.5 Å². The standard InChI is InChI=1S/C17H13N5O4/c23-13-6-3-4-10(14(13)24)8-20-22-17(26)11-9-19-15(21-16(11)25)12-5-1-2-7-18-12/h1-9,23-24H,(H,22,26)(H,19,21,25). The molecule has 1 amide bonds. The van der Waals surface area contributed by atoms with E-state index in [0.717, 1.165) is 12.4 Å². The number of para-hydroxylation sites is 1. The van der Waals surface area contributed by atoms with Crippen LogP contribution >= 0.6 is 0 Å². The van der Waals surface area contributed by atoms with Crippen LogP contribution in [0.4, 0.5) is 0 Å². The molecule has 26 heavy (non-hydrogen) atoms. The average Bonchev–Trinajstić information content (AvgIpc) is 2.65. The number of hydrogen-bond donors (Lipinski definition) is 4. The highest BCUT2D eigenvalue weighted by Crippen LogP contribution is 2.26. The fourth-order valence-corrected chi connectivity index (χ4v) is 2.02. The van der Waals surface area contributed by atoms with Crippen molar-refractivity contribution in [2.75, 3.05) is 0 Å². The van der Waals surface area contributed by atoms with Crippen molar-refractivity contribution in [3.63, 3.8) is 0 Å². The van der Waals surface area contributed by atoms with E-state index in [1.54, 1.807) is 24.4 Å². The van der Waals surface area contributed by atoms with E-state index in [1.165, 1.54) is 18.2 Å². The molecule has 0 aliphatic rings. The normalized spacial score (nSPS) is 10.8. The first-order chi connectivity index (χ1) is 12.6. The Kier molecular flexibility index (Phi) is 4.70. The molecular weight excluding hydrogens is 338 g/mol. The number of phenolic OH excluding ortho intramolecular Hbond substituents is 2. The van der Waals surface area contributed by atoms with Crippen LogP contribution < -0.4 is 5.43 Å². The third-order valence-electron chi connectivity index (χ3n) is 3.32. The Morgan fingerprint density at radius 1 is 1.08 bits per heavy atom. The number of hydrogen-bond acceptors (Lipinski definition) is 8. The van der Waals surface area contributed by atoms with Crippen LogP contribution in [0.5, 0.6) is 17.4 Å². The molecule has 1 aromatic carbocycles. The highest BCUT2D eigenvalue weighted by atomic mass is 16.3. The lowest BCUT2D eigenvalue weighted by atomic mass is 10.2. The molecule has 0 spiro atoms. The molecule has 3 rings (SSSR count). The van der Waals surface area contributed by atoms with Gasteiger partial charge in [-0.1, -0.05) is 12.1 Å². The van der Waals surface area contributed by atoms with Gasteiger partial charge >= 0.3 is 0 Å². The van der Waals surface area contributed by atoms with Gasteiger partial charge in [0.25, 0.3) is 5.91 Å². The SMILES string of the molecule is O=C(NN=Cc1cccc(O)c1O)c1cnc(-c2ccccn2)nc1O. The summed E-state index contributed by atoms with van der Waals surface area (Å²) in [6, 6.07) is 9.45. The Morgan fingerprint density at radius 3 is 2.65 bits per heavy atom. The summed E-state index contributed by atoms with van der Waals surface area (Å²) in [5.41, 5.74) is 2.65. The summed E-state index contributed by atoms with van der Waals surface area (Å²) >= 11 is 0. The topological polar surface area (TPSA) is 141 Å². The van der Waals surface area contributed by atoms with Crippen molar-refractivity contribution in [1.29, 1.82) is 0 Å². The Balaban J connectivity index is 1.74. The molecule has 130 valence electrons. The first-order valence-corrected chi connectivity index (χ1v) is 7.38. The van der Waals surface area contributed by atoms with Gasteiger partial charge < -0.3 is 15.3 Å². The van der Waals surface area contributed by atoms with Crippen molar-refractivity contribution in [2.24, 2.45) is 5.10 Å². The van der Waals surface area contributed by atoms with Gasteiger partial charge in [-0.05, 0) is 24.3 Å². The molecule has 0 radical (unpaired) electrons. The number of aromatic hydroxyl groups is 3. The Morgan fingerprint density at radius 2 is 1.92 bits per heavy atom. The maximum absolute atomic E-state index is 12.1. The Hall–Kier alpha value is -4.01. The van der Waals surface area contributed by atoms with E-state index in [0.29, 0.717) is 5.69 Å². The molecule has 9 heteroatoms. The summed E-state index contributed by atoms with van der Waals surface area (Å²) in [4.78, 5) is 24.0.